The van der Waals surface area contributed by atoms with Crippen LogP contribution >= 0.6 is 0 Å². The predicted octanol–water partition coefficient (Wildman–Crippen LogP) is 1.88. The summed E-state index contributed by atoms with van der Waals surface area (Å²) in [6.07, 6.45) is 3.21. The number of amides is 1. The van der Waals surface area contributed by atoms with Crippen LogP contribution in [-0.2, 0) is 11.3 Å². The van der Waals surface area contributed by atoms with Gasteiger partial charge < -0.3 is 5.32 Å². The topological polar surface area (TPSA) is 81.8 Å². The lowest BCUT2D eigenvalue weighted by Crippen LogP contribution is -2.31. The van der Waals surface area contributed by atoms with Crippen molar-refractivity contribution in [2.45, 2.75) is 20.4 Å². The molecule has 2 aromatic heterocycles. The first kappa shape index (κ1) is 18.3. The Morgan fingerprint density at radius 3 is 2.59 bits per heavy atom. The Labute approximate surface area is 157 Å². The number of aromatic nitrogens is 4. The average Bonchev–Trinajstić information content (AvgIpc) is 3.00. The minimum absolute atomic E-state index is 0.221. The second-order valence-corrected chi connectivity index (χ2v) is 6.13. The van der Waals surface area contributed by atoms with Crippen LogP contribution < -0.4 is 10.9 Å². The standard InChI is InChI=1S/C20H21N5O2/c1-15-14-16(2)25(22-15)18-9-11-20(27)24(23-18)13-12-21-19(26)10-8-17-6-4-3-5-7-17/h3-11,14H,12-13H2,1-2H3,(H,21,26)/b10-8+. The number of benzene rings is 1. The minimum atomic E-state index is -0.227. The molecule has 7 nitrogen and oxygen atoms in total. The first-order chi connectivity index (χ1) is 13.0. The Kier molecular flexibility index (Phi) is 5.61. The lowest BCUT2D eigenvalue weighted by molar-refractivity contribution is -0.116. The maximum absolute atomic E-state index is 12.0. The number of rotatable bonds is 6. The molecule has 0 atom stereocenters. The molecule has 0 radical (unpaired) electrons. The Balaban J connectivity index is 1.62. The van der Waals surface area contributed by atoms with Crippen LogP contribution in [0.15, 0.2) is 59.4 Å². The van der Waals surface area contributed by atoms with Crippen LogP contribution in [0.5, 0.6) is 0 Å². The van der Waals surface area contributed by atoms with Gasteiger partial charge in [0, 0.05) is 24.4 Å². The fourth-order valence-corrected chi connectivity index (χ4v) is 2.65. The van der Waals surface area contributed by atoms with E-state index in [2.05, 4.69) is 15.5 Å². The molecule has 0 fully saturated rings. The number of nitrogens with zero attached hydrogens (tertiary/aromatic N) is 4. The van der Waals surface area contributed by atoms with Gasteiger partial charge in [-0.15, -0.1) is 5.10 Å². The normalized spacial score (nSPS) is 11.0. The third kappa shape index (κ3) is 4.78. The zero-order chi connectivity index (χ0) is 19.2. The van der Waals surface area contributed by atoms with Gasteiger partial charge in [-0.05, 0) is 37.6 Å². The second-order valence-electron chi connectivity index (χ2n) is 6.13. The van der Waals surface area contributed by atoms with E-state index in [0.29, 0.717) is 12.4 Å². The van der Waals surface area contributed by atoms with E-state index >= 15 is 0 Å². The van der Waals surface area contributed by atoms with Crippen LogP contribution in [0.1, 0.15) is 17.0 Å². The van der Waals surface area contributed by atoms with Crippen molar-refractivity contribution in [3.8, 4) is 5.82 Å². The van der Waals surface area contributed by atoms with E-state index in [9.17, 15) is 9.59 Å². The molecule has 0 saturated carbocycles. The maximum atomic E-state index is 12.0. The SMILES string of the molecule is Cc1cc(C)n(-c2ccc(=O)n(CCNC(=O)/C=C/c3ccccc3)n2)n1. The van der Waals surface area contributed by atoms with Crippen molar-refractivity contribution < 1.29 is 4.79 Å². The van der Waals surface area contributed by atoms with Crippen LogP contribution in [0.2, 0.25) is 0 Å². The van der Waals surface area contributed by atoms with Crippen molar-refractivity contribution in [3.05, 3.63) is 81.9 Å². The summed E-state index contributed by atoms with van der Waals surface area (Å²) in [7, 11) is 0. The van der Waals surface area contributed by atoms with Crippen LogP contribution in [0.25, 0.3) is 11.9 Å². The molecule has 27 heavy (non-hydrogen) atoms. The zero-order valence-corrected chi connectivity index (χ0v) is 15.3. The Morgan fingerprint density at radius 1 is 1.11 bits per heavy atom. The van der Waals surface area contributed by atoms with Gasteiger partial charge in [0.05, 0.1) is 12.2 Å². The van der Waals surface area contributed by atoms with E-state index < -0.39 is 0 Å². The lowest BCUT2D eigenvalue weighted by Gasteiger charge is -2.08. The molecule has 0 aliphatic rings. The molecule has 3 aromatic rings. The number of hydrogen-bond donors (Lipinski definition) is 1. The molecule has 1 aromatic carbocycles. The van der Waals surface area contributed by atoms with E-state index in [4.69, 9.17) is 0 Å². The van der Waals surface area contributed by atoms with Gasteiger partial charge in [-0.3, -0.25) is 9.59 Å². The summed E-state index contributed by atoms with van der Waals surface area (Å²) in [6.45, 7) is 4.40. The molecular formula is C20H21N5O2. The molecule has 1 amide bonds. The third-order valence-corrected chi connectivity index (χ3v) is 3.93. The largest absolute Gasteiger partial charge is 0.351 e. The van der Waals surface area contributed by atoms with E-state index in [0.717, 1.165) is 17.0 Å². The van der Waals surface area contributed by atoms with Crippen molar-refractivity contribution in [2.24, 2.45) is 0 Å². The predicted molar refractivity (Wildman–Crippen MR) is 104 cm³/mol. The molecule has 0 unspecified atom stereocenters. The number of carbonyl (C=O) groups is 1. The maximum Gasteiger partial charge on any atom is 0.266 e. The van der Waals surface area contributed by atoms with Gasteiger partial charge in [0.1, 0.15) is 0 Å². The van der Waals surface area contributed by atoms with Crippen LogP contribution in [0.4, 0.5) is 0 Å². The first-order valence-electron chi connectivity index (χ1n) is 8.66. The molecule has 1 N–H and O–H groups in total. The fraction of sp³-hybridized carbons (Fsp3) is 0.200. The molecule has 138 valence electrons. The van der Waals surface area contributed by atoms with E-state index in [1.165, 1.54) is 16.8 Å². The Morgan fingerprint density at radius 2 is 1.89 bits per heavy atom. The Hall–Kier alpha value is -3.48. The number of carbonyl (C=O) groups excluding carboxylic acids is 1. The van der Waals surface area contributed by atoms with Crippen LogP contribution in [0, 0.1) is 13.8 Å². The van der Waals surface area contributed by atoms with Crippen molar-refractivity contribution >= 4 is 12.0 Å². The van der Waals surface area contributed by atoms with E-state index in [-0.39, 0.29) is 18.0 Å². The van der Waals surface area contributed by atoms with Crippen LogP contribution in [-0.4, -0.2) is 32.0 Å². The molecule has 2 heterocycles. The minimum Gasteiger partial charge on any atom is -0.351 e. The van der Waals surface area contributed by atoms with Crippen molar-refractivity contribution in [3.63, 3.8) is 0 Å². The van der Waals surface area contributed by atoms with Gasteiger partial charge in [-0.1, -0.05) is 30.3 Å². The summed E-state index contributed by atoms with van der Waals surface area (Å²) in [5.74, 6) is 0.345. The summed E-state index contributed by atoms with van der Waals surface area (Å²) < 4.78 is 3.01. The highest BCUT2D eigenvalue weighted by Crippen LogP contribution is 2.07. The molecule has 0 aliphatic heterocycles. The lowest BCUT2D eigenvalue weighted by atomic mass is 10.2. The summed E-state index contributed by atoms with van der Waals surface area (Å²) in [6, 6.07) is 14.6. The first-order valence-corrected chi connectivity index (χ1v) is 8.66. The zero-order valence-electron chi connectivity index (χ0n) is 15.3. The summed E-state index contributed by atoms with van der Waals surface area (Å²) in [5, 5.41) is 11.5. The highest BCUT2D eigenvalue weighted by Gasteiger charge is 2.07. The van der Waals surface area contributed by atoms with Gasteiger partial charge in [0.15, 0.2) is 5.82 Å². The second kappa shape index (κ2) is 8.27. The molecule has 0 aliphatic carbocycles. The molecule has 0 spiro atoms. The highest BCUT2D eigenvalue weighted by molar-refractivity contribution is 5.91. The van der Waals surface area contributed by atoms with E-state index in [1.807, 2.05) is 50.2 Å². The van der Waals surface area contributed by atoms with Crippen molar-refractivity contribution in [1.82, 2.24) is 24.9 Å². The molecule has 0 bridgehead atoms. The highest BCUT2D eigenvalue weighted by atomic mass is 16.1. The van der Waals surface area contributed by atoms with Gasteiger partial charge in [0.2, 0.25) is 5.91 Å². The summed E-state index contributed by atoms with van der Waals surface area (Å²) >= 11 is 0. The van der Waals surface area contributed by atoms with E-state index in [1.54, 1.807) is 16.8 Å². The monoisotopic (exact) mass is 363 g/mol. The molecule has 7 heteroatoms. The fourth-order valence-electron chi connectivity index (χ4n) is 2.65. The number of aryl methyl sites for hydroxylation is 2. The van der Waals surface area contributed by atoms with Gasteiger partial charge >= 0.3 is 0 Å². The average molecular weight is 363 g/mol. The van der Waals surface area contributed by atoms with Gasteiger partial charge in [-0.2, -0.15) is 5.10 Å². The summed E-state index contributed by atoms with van der Waals surface area (Å²) in [4.78, 5) is 23.9. The van der Waals surface area contributed by atoms with Gasteiger partial charge in [-0.25, -0.2) is 9.36 Å². The molecule has 3 rings (SSSR count). The molecular weight excluding hydrogens is 342 g/mol. The Bertz CT molecular complexity index is 1020. The number of hydrogen-bond acceptors (Lipinski definition) is 4. The van der Waals surface area contributed by atoms with Gasteiger partial charge in [0.25, 0.3) is 5.56 Å². The smallest absolute Gasteiger partial charge is 0.266 e. The quantitative estimate of drug-likeness (QED) is 0.678. The van der Waals surface area contributed by atoms with Crippen molar-refractivity contribution in [1.29, 1.82) is 0 Å². The molecule has 0 saturated heterocycles. The van der Waals surface area contributed by atoms with Crippen LogP contribution in [0.3, 0.4) is 0 Å². The summed E-state index contributed by atoms with van der Waals surface area (Å²) in [5.41, 5.74) is 2.53. The third-order valence-electron chi connectivity index (χ3n) is 3.93. The van der Waals surface area contributed by atoms with Crippen molar-refractivity contribution in [2.75, 3.05) is 6.54 Å². The number of nitrogens with one attached hydrogen (secondary N) is 1.